The summed E-state index contributed by atoms with van der Waals surface area (Å²) in [5, 5.41) is 9.49. The van der Waals surface area contributed by atoms with Crippen molar-refractivity contribution in [1.82, 2.24) is 0 Å². The van der Waals surface area contributed by atoms with Crippen molar-refractivity contribution >= 4 is 0 Å². The van der Waals surface area contributed by atoms with E-state index in [1.807, 2.05) is 0 Å². The van der Waals surface area contributed by atoms with Gasteiger partial charge in [-0.25, -0.2) is 0 Å². The SMILES string of the molecule is [NH3+]CCC[O-]. The zero-order valence-corrected chi connectivity index (χ0v) is 3.24. The van der Waals surface area contributed by atoms with Crippen LogP contribution in [0.15, 0.2) is 0 Å². The van der Waals surface area contributed by atoms with Gasteiger partial charge in [0.25, 0.3) is 0 Å². The highest BCUT2D eigenvalue weighted by Crippen LogP contribution is 1.55. The summed E-state index contributed by atoms with van der Waals surface area (Å²) >= 11 is 0. The largest absolute Gasteiger partial charge is 0.854 e. The van der Waals surface area contributed by atoms with Crippen molar-refractivity contribution in [2.45, 2.75) is 6.42 Å². The lowest BCUT2D eigenvalue weighted by atomic mass is 10.5. The second kappa shape index (κ2) is 3.92. The fourth-order valence-corrected chi connectivity index (χ4v) is 0.102. The lowest BCUT2D eigenvalue weighted by Gasteiger charge is -1.92. The Morgan fingerprint density at radius 3 is 2.20 bits per heavy atom. The van der Waals surface area contributed by atoms with E-state index in [1.54, 1.807) is 0 Å². The summed E-state index contributed by atoms with van der Waals surface area (Å²) in [6.07, 6.45) is 0.722. The standard InChI is InChI=1S/C3H8NO/c4-2-1-3-5/h1-4H2/q-1/p+1. The maximum atomic E-state index is 9.49. The molecule has 0 aliphatic carbocycles. The zero-order valence-electron chi connectivity index (χ0n) is 3.24. The molecule has 0 aromatic heterocycles. The number of quaternary nitrogens is 1. The molecule has 0 fully saturated rings. The van der Waals surface area contributed by atoms with Crippen molar-refractivity contribution < 1.29 is 10.8 Å². The number of hydrogen-bond donors (Lipinski definition) is 1. The molecule has 5 heavy (non-hydrogen) atoms. The van der Waals surface area contributed by atoms with Gasteiger partial charge >= 0.3 is 0 Å². The number of rotatable bonds is 2. The first kappa shape index (κ1) is 4.92. The van der Waals surface area contributed by atoms with Crippen molar-refractivity contribution in [3.05, 3.63) is 0 Å². The molecule has 0 bridgehead atoms. The summed E-state index contributed by atoms with van der Waals surface area (Å²) in [5.41, 5.74) is 3.48. The van der Waals surface area contributed by atoms with Gasteiger partial charge in [0.1, 0.15) is 0 Å². The van der Waals surface area contributed by atoms with Crippen LogP contribution in [0, 0.1) is 0 Å². The van der Waals surface area contributed by atoms with Gasteiger partial charge in [-0.1, -0.05) is 0 Å². The van der Waals surface area contributed by atoms with Crippen LogP contribution in [0.5, 0.6) is 0 Å². The van der Waals surface area contributed by atoms with E-state index in [1.165, 1.54) is 0 Å². The molecule has 0 radical (unpaired) electrons. The molecule has 2 heteroatoms. The Labute approximate surface area is 31.6 Å². The van der Waals surface area contributed by atoms with Gasteiger partial charge in [0, 0.05) is 0 Å². The second-order valence-corrected chi connectivity index (χ2v) is 0.911. The lowest BCUT2D eigenvalue weighted by Crippen LogP contribution is -2.50. The molecule has 0 rings (SSSR count). The monoisotopic (exact) mass is 75.1 g/mol. The Kier molecular flexibility index (Phi) is 3.86. The average molecular weight is 75.1 g/mol. The summed E-state index contributed by atoms with van der Waals surface area (Å²) in [6, 6.07) is 0. The van der Waals surface area contributed by atoms with Gasteiger partial charge in [0.2, 0.25) is 0 Å². The maximum absolute atomic E-state index is 9.49. The molecule has 0 amide bonds. The van der Waals surface area contributed by atoms with Gasteiger partial charge in [0.05, 0.1) is 6.54 Å². The third-order valence-corrected chi connectivity index (χ3v) is 0.394. The maximum Gasteiger partial charge on any atom is 0.0726 e. The van der Waals surface area contributed by atoms with Crippen LogP contribution in [0.3, 0.4) is 0 Å². The minimum atomic E-state index is 0.0312. The molecule has 3 N–H and O–H groups in total. The molecule has 0 saturated heterocycles. The van der Waals surface area contributed by atoms with E-state index in [0.717, 1.165) is 13.0 Å². The van der Waals surface area contributed by atoms with Crippen molar-refractivity contribution in [2.75, 3.05) is 13.2 Å². The molecule has 0 spiro atoms. The van der Waals surface area contributed by atoms with E-state index in [2.05, 4.69) is 5.73 Å². The molecule has 0 atom stereocenters. The molecule has 0 unspecified atom stereocenters. The van der Waals surface area contributed by atoms with Gasteiger partial charge in [0.15, 0.2) is 0 Å². The summed E-state index contributed by atoms with van der Waals surface area (Å²) in [5.74, 6) is 0. The first-order valence-corrected chi connectivity index (χ1v) is 1.79. The molecule has 0 heterocycles. The third-order valence-electron chi connectivity index (χ3n) is 0.394. The van der Waals surface area contributed by atoms with Crippen molar-refractivity contribution in [3.8, 4) is 0 Å². The predicted octanol–water partition coefficient (Wildman–Crippen LogP) is -2.02. The zero-order chi connectivity index (χ0) is 4.12. The van der Waals surface area contributed by atoms with Crippen LogP contribution in [0.1, 0.15) is 6.42 Å². The van der Waals surface area contributed by atoms with Crippen molar-refractivity contribution in [2.24, 2.45) is 0 Å². The van der Waals surface area contributed by atoms with Crippen LogP contribution < -0.4 is 10.8 Å². The van der Waals surface area contributed by atoms with Gasteiger partial charge in [-0.15, -0.1) is 6.61 Å². The van der Waals surface area contributed by atoms with Crippen LogP contribution >= 0.6 is 0 Å². The van der Waals surface area contributed by atoms with E-state index in [9.17, 15) is 5.11 Å². The molecule has 2 nitrogen and oxygen atoms in total. The molecule has 0 aliphatic heterocycles. The molecule has 0 saturated carbocycles. The quantitative estimate of drug-likeness (QED) is 0.404. The van der Waals surface area contributed by atoms with E-state index < -0.39 is 0 Å². The third kappa shape index (κ3) is 3.92. The highest BCUT2D eigenvalue weighted by atomic mass is 16.2. The topological polar surface area (TPSA) is 50.7 Å². The average Bonchev–Trinajstić information content (AvgIpc) is 1.41. The van der Waals surface area contributed by atoms with E-state index in [-0.39, 0.29) is 6.61 Å². The van der Waals surface area contributed by atoms with Crippen LogP contribution in [-0.2, 0) is 0 Å². The van der Waals surface area contributed by atoms with Crippen LogP contribution in [0.25, 0.3) is 0 Å². The second-order valence-electron chi connectivity index (χ2n) is 0.911. The Hall–Kier alpha value is -0.0800. The van der Waals surface area contributed by atoms with Gasteiger partial charge in [-0.05, 0) is 6.42 Å². The fraction of sp³-hybridized carbons (Fsp3) is 1.00. The molecule has 0 aromatic rings. The van der Waals surface area contributed by atoms with Crippen LogP contribution in [-0.4, -0.2) is 13.2 Å². The number of hydrogen-bond acceptors (Lipinski definition) is 1. The summed E-state index contributed by atoms with van der Waals surface area (Å²) in [4.78, 5) is 0. The summed E-state index contributed by atoms with van der Waals surface area (Å²) in [6.45, 7) is 0.812. The van der Waals surface area contributed by atoms with Crippen molar-refractivity contribution in [3.63, 3.8) is 0 Å². The Morgan fingerprint density at radius 2 is 2.20 bits per heavy atom. The summed E-state index contributed by atoms with van der Waals surface area (Å²) < 4.78 is 0. The van der Waals surface area contributed by atoms with E-state index in [0.29, 0.717) is 0 Å². The van der Waals surface area contributed by atoms with Crippen LogP contribution in [0.2, 0.25) is 0 Å². The smallest absolute Gasteiger partial charge is 0.0726 e. The Bertz CT molecular complexity index is 14.4. The van der Waals surface area contributed by atoms with Crippen LogP contribution in [0.4, 0.5) is 0 Å². The first-order chi connectivity index (χ1) is 2.41. The normalized spacial score (nSPS) is 8.40. The minimum absolute atomic E-state index is 0.0312. The van der Waals surface area contributed by atoms with Gasteiger partial charge < -0.3 is 10.8 Å². The Morgan fingerprint density at radius 1 is 1.60 bits per heavy atom. The molecular formula is C3H9NO. The highest BCUT2D eigenvalue weighted by molar-refractivity contribution is 4.18. The lowest BCUT2D eigenvalue weighted by molar-refractivity contribution is -0.404. The van der Waals surface area contributed by atoms with E-state index >= 15 is 0 Å². The molecular weight excluding hydrogens is 66.0 g/mol. The molecule has 32 valence electrons. The van der Waals surface area contributed by atoms with E-state index in [4.69, 9.17) is 0 Å². The highest BCUT2D eigenvalue weighted by Gasteiger charge is 1.64. The Balaban J connectivity index is 2.19. The summed E-state index contributed by atoms with van der Waals surface area (Å²) in [7, 11) is 0. The molecule has 0 aliphatic rings. The first-order valence-electron chi connectivity index (χ1n) is 1.79. The predicted molar refractivity (Wildman–Crippen MR) is 17.2 cm³/mol. The van der Waals surface area contributed by atoms with Crippen molar-refractivity contribution in [1.29, 1.82) is 0 Å². The van der Waals surface area contributed by atoms with Gasteiger partial charge in [-0.3, -0.25) is 0 Å². The fourth-order valence-electron chi connectivity index (χ4n) is 0.102. The molecule has 0 aromatic carbocycles. The minimum Gasteiger partial charge on any atom is -0.854 e. The van der Waals surface area contributed by atoms with Gasteiger partial charge in [-0.2, -0.15) is 0 Å².